The molecule has 38 heavy (non-hydrogen) atoms. The number of amides is 2. The highest BCUT2D eigenvalue weighted by molar-refractivity contribution is 7.19. The van der Waals surface area contributed by atoms with Gasteiger partial charge in [0.1, 0.15) is 6.10 Å². The maximum absolute atomic E-state index is 12.6. The number of hydrogen-bond donors (Lipinski definition) is 1. The summed E-state index contributed by atoms with van der Waals surface area (Å²) in [5.41, 5.74) is 3.34. The minimum absolute atomic E-state index is 0.0709. The summed E-state index contributed by atoms with van der Waals surface area (Å²) < 4.78 is 8.30. The molecule has 194 valence electrons. The van der Waals surface area contributed by atoms with Crippen LogP contribution in [0.2, 0.25) is 5.02 Å². The molecular weight excluding hydrogens is 522 g/mol. The van der Waals surface area contributed by atoms with Crippen LogP contribution in [0, 0.1) is 16.7 Å². The number of carbonyl (C=O) groups excluding carboxylic acids is 2. The lowest BCUT2D eigenvalue weighted by molar-refractivity contribution is -0.141. The largest absolute Gasteiger partial charge is 0.371 e. The van der Waals surface area contributed by atoms with Crippen LogP contribution < -0.4 is 5.32 Å². The lowest BCUT2D eigenvalue weighted by atomic mass is 9.80. The molecule has 2 amide bonds. The zero-order valence-corrected chi connectivity index (χ0v) is 22.4. The molecule has 10 heteroatoms. The highest BCUT2D eigenvalue weighted by Gasteiger charge is 2.39. The van der Waals surface area contributed by atoms with E-state index in [1.807, 2.05) is 36.5 Å². The standard InChI is InChI=1S/C28H26ClN5O3S/c1-37-23-13-24(35)34(27(23)36)14-19-12-22-26(38-19)20(2-6-32-22)21-11-18(29)10-17-3-9-33(25(17)21)16-28(15-30)4-7-31-8-5-28/h2-3,6,9-12,23,31H,4-5,7-8,13-14,16H2,1H3. The van der Waals surface area contributed by atoms with Gasteiger partial charge in [0.15, 0.2) is 0 Å². The molecule has 5 heterocycles. The van der Waals surface area contributed by atoms with E-state index in [1.54, 1.807) is 6.20 Å². The van der Waals surface area contributed by atoms with Gasteiger partial charge in [-0.1, -0.05) is 11.6 Å². The van der Waals surface area contributed by atoms with Gasteiger partial charge in [0.25, 0.3) is 5.91 Å². The number of piperidine rings is 1. The predicted molar refractivity (Wildman–Crippen MR) is 147 cm³/mol. The molecule has 4 aromatic rings. The number of ether oxygens (including phenoxy) is 1. The van der Waals surface area contributed by atoms with E-state index in [-0.39, 0.29) is 24.8 Å². The molecule has 3 aromatic heterocycles. The van der Waals surface area contributed by atoms with E-state index < -0.39 is 11.5 Å². The van der Waals surface area contributed by atoms with Gasteiger partial charge in [-0.15, -0.1) is 11.3 Å². The number of nitrogens with one attached hydrogen (secondary N) is 1. The smallest absolute Gasteiger partial charge is 0.259 e. The first-order chi connectivity index (χ1) is 18.4. The second-order valence-electron chi connectivity index (χ2n) is 10.0. The van der Waals surface area contributed by atoms with E-state index in [4.69, 9.17) is 16.3 Å². The second-order valence-corrected chi connectivity index (χ2v) is 11.6. The van der Waals surface area contributed by atoms with E-state index in [0.29, 0.717) is 11.6 Å². The van der Waals surface area contributed by atoms with Gasteiger partial charge in [-0.3, -0.25) is 19.5 Å². The molecule has 0 aliphatic carbocycles. The Balaban J connectivity index is 1.42. The van der Waals surface area contributed by atoms with Gasteiger partial charge in [0, 0.05) is 52.5 Å². The summed E-state index contributed by atoms with van der Waals surface area (Å²) in [4.78, 5) is 31.7. The average Bonchev–Trinajstić information content (AvgIpc) is 3.60. The first-order valence-electron chi connectivity index (χ1n) is 12.6. The number of pyridine rings is 1. The SMILES string of the molecule is COC1CC(=O)N(Cc2cc3nccc(-c4cc(Cl)cc5ccn(CC6(C#N)CCNCC6)c45)c3s2)C1=O. The van der Waals surface area contributed by atoms with Gasteiger partial charge in [0.2, 0.25) is 5.91 Å². The van der Waals surface area contributed by atoms with Crippen molar-refractivity contribution in [3.8, 4) is 17.2 Å². The van der Waals surface area contributed by atoms with Crippen LogP contribution in [0.4, 0.5) is 0 Å². The number of aromatic nitrogens is 2. The molecule has 2 aliphatic heterocycles. The molecule has 1 N–H and O–H groups in total. The zero-order chi connectivity index (χ0) is 26.4. The van der Waals surface area contributed by atoms with Crippen LogP contribution in [0.25, 0.3) is 32.2 Å². The van der Waals surface area contributed by atoms with Crippen molar-refractivity contribution in [3.63, 3.8) is 0 Å². The Labute approximate surface area is 228 Å². The van der Waals surface area contributed by atoms with Crippen LogP contribution in [-0.2, 0) is 27.4 Å². The van der Waals surface area contributed by atoms with Crippen molar-refractivity contribution in [1.82, 2.24) is 19.8 Å². The molecule has 2 fully saturated rings. The number of benzene rings is 1. The van der Waals surface area contributed by atoms with Gasteiger partial charge in [0.05, 0.1) is 40.2 Å². The van der Waals surface area contributed by atoms with Gasteiger partial charge in [-0.25, -0.2) is 0 Å². The number of likely N-dealkylation sites (tertiary alicyclic amines) is 1. The fourth-order valence-corrected chi connectivity index (χ4v) is 6.98. The minimum atomic E-state index is -0.713. The van der Waals surface area contributed by atoms with E-state index in [9.17, 15) is 14.9 Å². The molecule has 0 spiro atoms. The normalized spacial score (nSPS) is 19.5. The van der Waals surface area contributed by atoms with Gasteiger partial charge >= 0.3 is 0 Å². The van der Waals surface area contributed by atoms with Crippen molar-refractivity contribution in [2.45, 2.75) is 38.5 Å². The molecule has 1 aromatic carbocycles. The summed E-state index contributed by atoms with van der Waals surface area (Å²) in [5, 5.41) is 15.1. The molecule has 8 nitrogen and oxygen atoms in total. The van der Waals surface area contributed by atoms with Crippen molar-refractivity contribution in [2.24, 2.45) is 5.41 Å². The fourth-order valence-electron chi connectivity index (χ4n) is 5.62. The maximum Gasteiger partial charge on any atom is 0.259 e. The molecule has 6 rings (SSSR count). The Kier molecular flexibility index (Phi) is 6.44. The second kappa shape index (κ2) is 9.79. The van der Waals surface area contributed by atoms with E-state index in [2.05, 4.69) is 20.9 Å². The predicted octanol–water partition coefficient (Wildman–Crippen LogP) is 4.74. The summed E-state index contributed by atoms with van der Waals surface area (Å²) in [5.74, 6) is -0.534. The molecular formula is C28H26ClN5O3S. The summed E-state index contributed by atoms with van der Waals surface area (Å²) in [6.07, 6.45) is 4.78. The lowest BCUT2D eigenvalue weighted by Gasteiger charge is -2.32. The van der Waals surface area contributed by atoms with Gasteiger partial charge in [-0.05, 0) is 56.3 Å². The highest BCUT2D eigenvalue weighted by Crippen LogP contribution is 2.41. The Hall–Kier alpha value is -3.29. The summed E-state index contributed by atoms with van der Waals surface area (Å²) >= 11 is 8.10. The van der Waals surface area contributed by atoms with Crippen molar-refractivity contribution in [1.29, 1.82) is 5.26 Å². The summed E-state index contributed by atoms with van der Waals surface area (Å²) in [6.45, 7) is 2.47. The summed E-state index contributed by atoms with van der Waals surface area (Å²) in [6, 6.07) is 12.5. The van der Waals surface area contributed by atoms with Crippen LogP contribution in [0.3, 0.4) is 0 Å². The first-order valence-corrected chi connectivity index (χ1v) is 13.8. The number of fused-ring (bicyclic) bond motifs is 2. The van der Waals surface area contributed by atoms with Gasteiger partial charge < -0.3 is 14.6 Å². The Morgan fingerprint density at radius 1 is 1.24 bits per heavy atom. The van der Waals surface area contributed by atoms with E-state index in [0.717, 1.165) is 63.1 Å². The highest BCUT2D eigenvalue weighted by atomic mass is 35.5. The first kappa shape index (κ1) is 25.0. The summed E-state index contributed by atoms with van der Waals surface area (Å²) in [7, 11) is 1.44. The molecule has 2 aliphatic rings. The minimum Gasteiger partial charge on any atom is -0.371 e. The molecule has 1 atom stereocenters. The van der Waals surface area contributed by atoms with E-state index >= 15 is 0 Å². The van der Waals surface area contributed by atoms with Crippen molar-refractivity contribution >= 4 is 55.9 Å². The number of methoxy groups -OCH3 is 1. The number of halogens is 1. The van der Waals surface area contributed by atoms with E-state index in [1.165, 1.54) is 23.3 Å². The number of imide groups is 1. The number of carbonyl (C=O) groups is 2. The van der Waals surface area contributed by atoms with Crippen LogP contribution in [-0.4, -0.2) is 52.6 Å². The topological polar surface area (TPSA) is 100 Å². The van der Waals surface area contributed by atoms with Crippen LogP contribution in [0.5, 0.6) is 0 Å². The molecule has 2 saturated heterocycles. The monoisotopic (exact) mass is 547 g/mol. The van der Waals surface area contributed by atoms with Crippen molar-refractivity contribution < 1.29 is 14.3 Å². The molecule has 1 unspecified atom stereocenters. The lowest BCUT2D eigenvalue weighted by Crippen LogP contribution is -2.38. The third-order valence-corrected chi connectivity index (χ3v) is 9.01. The van der Waals surface area contributed by atoms with Crippen LogP contribution >= 0.6 is 22.9 Å². The number of hydrogen-bond acceptors (Lipinski definition) is 7. The van der Waals surface area contributed by atoms with Crippen molar-refractivity contribution in [3.05, 3.63) is 52.6 Å². The number of nitriles is 1. The van der Waals surface area contributed by atoms with Crippen molar-refractivity contribution in [2.75, 3.05) is 20.2 Å². The maximum atomic E-state index is 12.6. The Morgan fingerprint density at radius 2 is 2.05 bits per heavy atom. The Morgan fingerprint density at radius 3 is 2.79 bits per heavy atom. The average molecular weight is 548 g/mol. The zero-order valence-electron chi connectivity index (χ0n) is 20.9. The van der Waals surface area contributed by atoms with Crippen LogP contribution in [0.1, 0.15) is 24.1 Å². The quantitative estimate of drug-likeness (QED) is 0.350. The number of rotatable bonds is 6. The third kappa shape index (κ3) is 4.28. The fraction of sp³-hybridized carbons (Fsp3) is 0.357. The Bertz CT molecular complexity index is 1610. The molecule has 0 radical (unpaired) electrons. The van der Waals surface area contributed by atoms with Gasteiger partial charge in [-0.2, -0.15) is 5.26 Å². The number of nitrogens with zero attached hydrogens (tertiary/aromatic N) is 4. The number of thiophene rings is 1. The molecule has 0 bridgehead atoms. The molecule has 0 saturated carbocycles. The van der Waals surface area contributed by atoms with Crippen LogP contribution in [0.15, 0.2) is 42.7 Å². The third-order valence-electron chi connectivity index (χ3n) is 7.65.